The van der Waals surface area contributed by atoms with Crippen LogP contribution in [0, 0.1) is 5.82 Å². The van der Waals surface area contributed by atoms with Crippen LogP contribution in [-0.4, -0.2) is 123 Å². The van der Waals surface area contributed by atoms with Crippen molar-refractivity contribution in [2.45, 2.75) is 43.8 Å². The number of aldehydes is 1. The molecule has 3 fully saturated rings. The largest absolute Gasteiger partial charge is 0.456 e. The van der Waals surface area contributed by atoms with E-state index in [0.29, 0.717) is 74.4 Å². The van der Waals surface area contributed by atoms with Gasteiger partial charge in [0, 0.05) is 80.9 Å². The number of halogens is 1. The van der Waals surface area contributed by atoms with Crippen molar-refractivity contribution in [1.29, 1.82) is 0 Å². The minimum atomic E-state index is -0.589. The molecule has 0 spiro atoms. The Hall–Kier alpha value is -4.82. The molecule has 2 N–H and O–H groups in total. The third-order valence-corrected chi connectivity index (χ3v) is 12.0. The van der Waals surface area contributed by atoms with Crippen LogP contribution in [-0.2, 0) is 4.79 Å². The summed E-state index contributed by atoms with van der Waals surface area (Å²) < 4.78 is 31.3. The van der Waals surface area contributed by atoms with E-state index >= 15 is 4.39 Å². The molecule has 13 heteroatoms. The normalized spacial score (nSPS) is 20.9. The van der Waals surface area contributed by atoms with Gasteiger partial charge in [-0.15, -0.1) is 0 Å². The maximum Gasteiger partial charge on any atom is 0.259 e. The highest BCUT2D eigenvalue weighted by atomic mass is 19.1. The number of nitrogens with one attached hydrogen (secondary N) is 2. The van der Waals surface area contributed by atoms with Gasteiger partial charge in [0.15, 0.2) is 17.3 Å². The molecule has 3 atom stereocenters. The second kappa shape index (κ2) is 14.1. The van der Waals surface area contributed by atoms with Gasteiger partial charge in [-0.2, -0.15) is 0 Å². The molecule has 4 aliphatic rings. The number of nitrogens with zero attached hydrogens (tertiary/aromatic N) is 5. The highest BCUT2D eigenvalue weighted by Crippen LogP contribution is 2.49. The molecule has 12 nitrogen and oxygen atoms in total. The molecule has 2 aromatic heterocycles. The van der Waals surface area contributed by atoms with Crippen molar-refractivity contribution in [3.8, 4) is 17.2 Å². The molecule has 0 bridgehead atoms. The Morgan fingerprint density at radius 1 is 1.00 bits per heavy atom. The standard InChI is InChI=1S/C41H46FN7O5/c1-45-14-16-47(17-15-45)41(52)31-23-49-33-20-35-29(28-7-3-4-8-34(28)53-35)19-36(33)54-40-37(49)30(39(31)51)18-32(42)38(40)48-13-10-25(22-48)44-21-26(24-50)43-11-9-27-6-5-12-46(27)2/h3-4,7-8,18-20,23-27,43-44H,5-6,9-17,21-22H2,1-2H3/t25-,26?,27?/m1/s1. The Balaban J connectivity index is 1.05. The highest BCUT2D eigenvalue weighted by Gasteiger charge is 2.35. The van der Waals surface area contributed by atoms with Crippen LogP contribution in [0.4, 0.5) is 10.1 Å². The van der Waals surface area contributed by atoms with E-state index in [-0.39, 0.29) is 40.4 Å². The van der Waals surface area contributed by atoms with Crippen LogP contribution >= 0.6 is 0 Å². The van der Waals surface area contributed by atoms with E-state index in [0.717, 1.165) is 48.6 Å². The maximum absolute atomic E-state index is 16.6. The van der Waals surface area contributed by atoms with E-state index in [1.807, 2.05) is 48.3 Å². The fourth-order valence-electron chi connectivity index (χ4n) is 8.82. The van der Waals surface area contributed by atoms with Gasteiger partial charge in [0.25, 0.3) is 5.91 Å². The van der Waals surface area contributed by atoms with Crippen molar-refractivity contribution in [3.05, 3.63) is 70.3 Å². The Bertz CT molecular complexity index is 2330. The van der Waals surface area contributed by atoms with Gasteiger partial charge in [0.2, 0.25) is 5.43 Å². The van der Waals surface area contributed by atoms with Crippen LogP contribution in [0.2, 0.25) is 0 Å². The lowest BCUT2D eigenvalue weighted by atomic mass is 10.0. The zero-order valence-electron chi connectivity index (χ0n) is 30.8. The fraction of sp³-hybridized carbons (Fsp3) is 0.439. The fourth-order valence-corrected chi connectivity index (χ4v) is 8.82. The summed E-state index contributed by atoms with van der Waals surface area (Å²) in [7, 11) is 4.16. The number of piperazine rings is 1. The number of ether oxygens (including phenoxy) is 1. The molecule has 0 aliphatic carbocycles. The number of para-hydroxylation sites is 1. The van der Waals surface area contributed by atoms with Crippen LogP contribution in [0.25, 0.3) is 38.5 Å². The summed E-state index contributed by atoms with van der Waals surface area (Å²) in [6.07, 6.45) is 6.70. The minimum Gasteiger partial charge on any atom is -0.456 e. The van der Waals surface area contributed by atoms with E-state index in [9.17, 15) is 14.4 Å². The van der Waals surface area contributed by atoms with Crippen LogP contribution in [0.1, 0.15) is 36.0 Å². The quantitative estimate of drug-likeness (QED) is 0.197. The summed E-state index contributed by atoms with van der Waals surface area (Å²) >= 11 is 0. The number of hydrogen-bond acceptors (Lipinski definition) is 10. The number of pyridine rings is 1. The van der Waals surface area contributed by atoms with Gasteiger partial charge in [-0.3, -0.25) is 9.59 Å². The van der Waals surface area contributed by atoms with Gasteiger partial charge < -0.3 is 48.7 Å². The van der Waals surface area contributed by atoms with Gasteiger partial charge >= 0.3 is 0 Å². The molecule has 6 heterocycles. The molecular formula is C41H46FN7O5. The second-order valence-electron chi connectivity index (χ2n) is 15.4. The Morgan fingerprint density at radius 2 is 1.83 bits per heavy atom. The molecular weight excluding hydrogens is 689 g/mol. The number of rotatable bonds is 10. The van der Waals surface area contributed by atoms with Gasteiger partial charge in [-0.25, -0.2) is 4.39 Å². The van der Waals surface area contributed by atoms with Crippen LogP contribution in [0.3, 0.4) is 0 Å². The zero-order valence-corrected chi connectivity index (χ0v) is 30.8. The molecule has 9 rings (SSSR count). The van der Waals surface area contributed by atoms with Crippen molar-refractivity contribution >= 4 is 50.7 Å². The highest BCUT2D eigenvalue weighted by molar-refractivity contribution is 6.07. The number of amides is 1. The smallest absolute Gasteiger partial charge is 0.259 e. The van der Waals surface area contributed by atoms with Crippen molar-refractivity contribution in [2.75, 3.05) is 77.9 Å². The summed E-state index contributed by atoms with van der Waals surface area (Å²) in [4.78, 5) is 48.3. The predicted molar refractivity (Wildman–Crippen MR) is 207 cm³/mol. The molecule has 1 amide bonds. The number of anilines is 1. The molecule has 4 aliphatic heterocycles. The number of furan rings is 1. The number of benzene rings is 3. The summed E-state index contributed by atoms with van der Waals surface area (Å²) in [6.45, 7) is 5.79. The summed E-state index contributed by atoms with van der Waals surface area (Å²) in [5.41, 5.74) is 2.08. The molecule has 2 unspecified atom stereocenters. The number of carbonyl (C=O) groups is 2. The molecule has 282 valence electrons. The number of hydrogen-bond donors (Lipinski definition) is 2. The molecule has 0 saturated carbocycles. The van der Waals surface area contributed by atoms with Gasteiger partial charge in [0.05, 0.1) is 17.1 Å². The van der Waals surface area contributed by atoms with Crippen molar-refractivity contribution < 1.29 is 23.1 Å². The lowest BCUT2D eigenvalue weighted by Gasteiger charge is -2.33. The molecule has 54 heavy (non-hydrogen) atoms. The summed E-state index contributed by atoms with van der Waals surface area (Å²) in [5, 5.41) is 8.77. The molecule has 5 aromatic rings. The number of likely N-dealkylation sites (N-methyl/N-ethyl adjacent to an activating group) is 1. The van der Waals surface area contributed by atoms with Gasteiger partial charge in [-0.1, -0.05) is 18.2 Å². The number of aromatic nitrogens is 1. The first-order valence-corrected chi connectivity index (χ1v) is 19.2. The van der Waals surface area contributed by atoms with E-state index in [1.54, 1.807) is 15.7 Å². The lowest BCUT2D eigenvalue weighted by molar-refractivity contribution is -0.109. The Labute approximate surface area is 312 Å². The monoisotopic (exact) mass is 735 g/mol. The number of carbonyl (C=O) groups excluding carboxylic acids is 2. The molecule has 3 aromatic carbocycles. The van der Waals surface area contributed by atoms with Crippen molar-refractivity contribution in [1.82, 2.24) is 29.9 Å². The van der Waals surface area contributed by atoms with Crippen LogP contribution < -0.4 is 25.7 Å². The van der Waals surface area contributed by atoms with E-state index in [4.69, 9.17) is 9.15 Å². The lowest BCUT2D eigenvalue weighted by Crippen LogP contribution is -2.48. The third-order valence-electron chi connectivity index (χ3n) is 12.0. The van der Waals surface area contributed by atoms with E-state index in [1.165, 1.54) is 18.9 Å². The average molecular weight is 736 g/mol. The Kier molecular flexibility index (Phi) is 9.12. The zero-order chi connectivity index (χ0) is 37.1. The number of likely N-dealkylation sites (tertiary alicyclic amines) is 1. The van der Waals surface area contributed by atoms with Gasteiger partial charge in [-0.05, 0) is 71.1 Å². The van der Waals surface area contributed by atoms with Gasteiger partial charge in [0.1, 0.15) is 34.2 Å². The van der Waals surface area contributed by atoms with Crippen LogP contribution in [0.15, 0.2) is 57.9 Å². The van der Waals surface area contributed by atoms with Crippen LogP contribution in [0.5, 0.6) is 11.5 Å². The molecule has 0 radical (unpaired) electrons. The maximum atomic E-state index is 16.6. The minimum absolute atomic E-state index is 0.0103. The van der Waals surface area contributed by atoms with Crippen molar-refractivity contribution in [3.63, 3.8) is 0 Å². The average Bonchev–Trinajstić information content (AvgIpc) is 3.91. The van der Waals surface area contributed by atoms with E-state index < -0.39 is 11.2 Å². The first kappa shape index (κ1) is 34.9. The SMILES string of the molecule is CN1CCN(C(=O)c2cn3c4c(c(N5CC[C@@H](NCC(C=O)NCCC6CCCN6C)C5)c(F)cc4c2=O)Oc2cc4c(cc2-3)oc2ccccc24)CC1. The number of fused-ring (bicyclic) bond motifs is 5. The predicted octanol–water partition coefficient (Wildman–Crippen LogP) is 4.33. The first-order chi connectivity index (χ1) is 26.3. The van der Waals surface area contributed by atoms with Crippen molar-refractivity contribution in [2.24, 2.45) is 0 Å². The summed E-state index contributed by atoms with van der Waals surface area (Å²) in [5.74, 6) is -0.252. The third kappa shape index (κ3) is 6.12. The molecule has 3 saturated heterocycles. The second-order valence-corrected chi connectivity index (χ2v) is 15.4. The van der Waals surface area contributed by atoms with E-state index in [2.05, 4.69) is 27.5 Å². The Morgan fingerprint density at radius 3 is 2.63 bits per heavy atom. The summed E-state index contributed by atoms with van der Waals surface area (Å²) in [6, 6.07) is 13.0. The first-order valence-electron chi connectivity index (χ1n) is 19.2. The topological polar surface area (TPSA) is 116 Å².